The fraction of sp³-hybridized carbons (Fsp3) is 0.286. The van der Waals surface area contributed by atoms with E-state index in [9.17, 15) is 0 Å². The zero-order valence-electron chi connectivity index (χ0n) is 18.5. The summed E-state index contributed by atoms with van der Waals surface area (Å²) in [4.78, 5) is 0. The van der Waals surface area contributed by atoms with Crippen molar-refractivity contribution in [3.63, 3.8) is 0 Å². The standard InChI is InChI=1S/C21H24N/c1-6-17-11-15(3)13-19(16(17)4)21-20-12-14(2)7-8-18(20)9-10-22(21)5/h7-13H,6H2,1-5H3/q+1/i3D3,6D2. The minimum absolute atomic E-state index is 0.161. The molecule has 3 rings (SSSR count). The molecule has 0 saturated heterocycles. The Kier molecular flexibility index (Phi) is 2.48. The Balaban J connectivity index is 2.47. The van der Waals surface area contributed by atoms with Crippen molar-refractivity contribution < 1.29 is 11.4 Å². The summed E-state index contributed by atoms with van der Waals surface area (Å²) in [6.45, 7) is 3.05. The molecule has 2 aromatic carbocycles. The Morgan fingerprint density at radius 2 is 1.91 bits per heavy atom. The summed E-state index contributed by atoms with van der Waals surface area (Å²) in [5.41, 5.74) is 4.10. The highest BCUT2D eigenvalue weighted by Gasteiger charge is 2.18. The van der Waals surface area contributed by atoms with Crippen LogP contribution in [0.4, 0.5) is 0 Å². The first-order valence-electron chi connectivity index (χ1n) is 9.94. The number of benzene rings is 2. The molecule has 22 heavy (non-hydrogen) atoms. The summed E-state index contributed by atoms with van der Waals surface area (Å²) in [6, 6.07) is 11.4. The molecule has 1 aromatic heterocycles. The van der Waals surface area contributed by atoms with Gasteiger partial charge in [0.2, 0.25) is 5.69 Å². The molecule has 0 atom stereocenters. The summed E-state index contributed by atoms with van der Waals surface area (Å²) in [6.07, 6.45) is 0.313. The lowest BCUT2D eigenvalue weighted by Crippen LogP contribution is -2.30. The van der Waals surface area contributed by atoms with Crippen LogP contribution in [0.1, 0.15) is 36.0 Å². The van der Waals surface area contributed by atoms with Crippen molar-refractivity contribution in [2.24, 2.45) is 7.05 Å². The maximum Gasteiger partial charge on any atom is 0.220 e. The third kappa shape index (κ3) is 2.41. The molecule has 3 aromatic rings. The number of hydrogen-bond donors (Lipinski definition) is 0. The van der Waals surface area contributed by atoms with E-state index in [0.717, 1.165) is 33.2 Å². The quantitative estimate of drug-likeness (QED) is 0.597. The number of nitrogens with zero attached hydrogens (tertiary/aromatic N) is 1. The van der Waals surface area contributed by atoms with Crippen LogP contribution in [0.3, 0.4) is 0 Å². The van der Waals surface area contributed by atoms with Gasteiger partial charge in [-0.2, -0.15) is 0 Å². The van der Waals surface area contributed by atoms with Gasteiger partial charge in [-0.05, 0) is 61.3 Å². The van der Waals surface area contributed by atoms with Gasteiger partial charge in [-0.25, -0.2) is 4.57 Å². The van der Waals surface area contributed by atoms with Crippen molar-refractivity contribution in [3.8, 4) is 11.3 Å². The highest BCUT2D eigenvalue weighted by Crippen LogP contribution is 2.31. The van der Waals surface area contributed by atoms with E-state index in [0.29, 0.717) is 5.56 Å². The van der Waals surface area contributed by atoms with Gasteiger partial charge in [0.05, 0.1) is 10.9 Å². The Morgan fingerprint density at radius 1 is 1.09 bits per heavy atom. The van der Waals surface area contributed by atoms with E-state index in [1.807, 2.05) is 43.8 Å². The van der Waals surface area contributed by atoms with E-state index in [-0.39, 0.29) is 5.56 Å². The molecule has 0 bridgehead atoms. The van der Waals surface area contributed by atoms with Gasteiger partial charge in [-0.15, -0.1) is 0 Å². The number of rotatable bonds is 2. The van der Waals surface area contributed by atoms with E-state index < -0.39 is 13.2 Å². The largest absolute Gasteiger partial charge is 0.220 e. The molecule has 1 nitrogen and oxygen atoms in total. The normalized spacial score (nSPS) is 15.7. The molecule has 0 radical (unpaired) electrons. The van der Waals surface area contributed by atoms with Crippen LogP contribution in [0.2, 0.25) is 0 Å². The zero-order valence-corrected chi connectivity index (χ0v) is 13.5. The average molecular weight is 295 g/mol. The van der Waals surface area contributed by atoms with Crippen LogP contribution in [0.15, 0.2) is 42.6 Å². The van der Waals surface area contributed by atoms with Crippen molar-refractivity contribution in [1.29, 1.82) is 0 Å². The molecule has 0 fully saturated rings. The average Bonchev–Trinajstić information content (AvgIpc) is 2.53. The second-order valence-electron chi connectivity index (χ2n) is 5.81. The van der Waals surface area contributed by atoms with Crippen molar-refractivity contribution in [3.05, 3.63) is 64.8 Å². The maximum absolute atomic E-state index is 8.20. The molecular formula is C21H24N+. The monoisotopic (exact) mass is 295 g/mol. The number of aryl methyl sites for hydroxylation is 4. The van der Waals surface area contributed by atoms with Crippen molar-refractivity contribution >= 4 is 10.8 Å². The number of fused-ring (bicyclic) bond motifs is 1. The zero-order chi connectivity index (χ0) is 20.1. The summed E-state index contributed by atoms with van der Waals surface area (Å²) < 4.78 is 42.0. The van der Waals surface area contributed by atoms with Crippen molar-refractivity contribution in [2.75, 3.05) is 0 Å². The minimum atomic E-state index is -2.30. The lowest BCUT2D eigenvalue weighted by molar-refractivity contribution is -0.659. The van der Waals surface area contributed by atoms with Gasteiger partial charge in [-0.3, -0.25) is 0 Å². The van der Waals surface area contributed by atoms with Gasteiger partial charge in [0.25, 0.3) is 0 Å². The second-order valence-corrected chi connectivity index (χ2v) is 5.81. The fourth-order valence-corrected chi connectivity index (χ4v) is 3.03. The van der Waals surface area contributed by atoms with Crippen LogP contribution in [0.25, 0.3) is 22.0 Å². The van der Waals surface area contributed by atoms with Gasteiger partial charge in [0.15, 0.2) is 6.20 Å². The Morgan fingerprint density at radius 3 is 2.64 bits per heavy atom. The highest BCUT2D eigenvalue weighted by atomic mass is 14.9. The first-order chi connectivity index (χ1) is 12.4. The Bertz CT molecular complexity index is 1020. The van der Waals surface area contributed by atoms with Crippen LogP contribution in [0, 0.1) is 20.7 Å². The third-order valence-electron chi connectivity index (χ3n) is 4.23. The van der Waals surface area contributed by atoms with Crippen LogP contribution >= 0.6 is 0 Å². The van der Waals surface area contributed by atoms with Gasteiger partial charge < -0.3 is 0 Å². The maximum atomic E-state index is 8.20. The van der Waals surface area contributed by atoms with E-state index in [4.69, 9.17) is 6.85 Å². The van der Waals surface area contributed by atoms with E-state index >= 15 is 0 Å². The molecule has 0 spiro atoms. The Hall–Kier alpha value is -2.15. The molecule has 0 saturated carbocycles. The topological polar surface area (TPSA) is 3.88 Å². The van der Waals surface area contributed by atoms with Crippen LogP contribution in [-0.2, 0) is 13.4 Å². The van der Waals surface area contributed by atoms with Gasteiger partial charge in [0.1, 0.15) is 7.05 Å². The minimum Gasteiger partial charge on any atom is -0.200 e. The Labute approximate surface area is 140 Å². The second kappa shape index (κ2) is 5.57. The van der Waals surface area contributed by atoms with Crippen LogP contribution < -0.4 is 4.57 Å². The van der Waals surface area contributed by atoms with Crippen LogP contribution in [0.5, 0.6) is 0 Å². The molecule has 0 aliphatic heterocycles. The van der Waals surface area contributed by atoms with E-state index in [1.54, 1.807) is 6.07 Å². The fourth-order valence-electron chi connectivity index (χ4n) is 3.03. The van der Waals surface area contributed by atoms with Crippen LogP contribution in [-0.4, -0.2) is 0 Å². The highest BCUT2D eigenvalue weighted by molar-refractivity contribution is 5.94. The number of aromatic nitrogens is 1. The molecule has 0 aliphatic carbocycles. The number of hydrogen-bond acceptors (Lipinski definition) is 0. The molecule has 0 unspecified atom stereocenters. The van der Waals surface area contributed by atoms with Gasteiger partial charge in [0, 0.05) is 12.9 Å². The molecule has 0 aliphatic rings. The molecule has 1 heterocycles. The van der Waals surface area contributed by atoms with Gasteiger partial charge in [-0.1, -0.05) is 30.7 Å². The lowest BCUT2D eigenvalue weighted by atomic mass is 9.92. The smallest absolute Gasteiger partial charge is 0.200 e. The summed E-state index contributed by atoms with van der Waals surface area (Å²) in [5, 5.41) is 2.09. The summed E-state index contributed by atoms with van der Waals surface area (Å²) >= 11 is 0. The predicted octanol–water partition coefficient (Wildman–Crippen LogP) is 4.82. The first kappa shape index (κ1) is 9.78. The number of pyridine rings is 1. The molecule has 0 amide bonds. The molecule has 112 valence electrons. The lowest BCUT2D eigenvalue weighted by Gasteiger charge is -2.13. The molecule has 1 heteroatoms. The van der Waals surface area contributed by atoms with Crippen molar-refractivity contribution in [2.45, 2.75) is 34.0 Å². The SMILES string of the molecule is [2H]C([2H])([2H])c1cc(-c2c3cc(C)ccc3cc[n+]2C)c(C)c(C([2H])([2H])C)c1. The summed E-state index contributed by atoms with van der Waals surface area (Å²) in [5.74, 6) is 0. The van der Waals surface area contributed by atoms with E-state index in [1.165, 1.54) is 13.0 Å². The van der Waals surface area contributed by atoms with Gasteiger partial charge >= 0.3 is 0 Å². The van der Waals surface area contributed by atoms with E-state index in [2.05, 4.69) is 12.1 Å². The third-order valence-corrected chi connectivity index (χ3v) is 4.23. The molecule has 0 N–H and O–H groups in total. The predicted molar refractivity (Wildman–Crippen MR) is 94.1 cm³/mol. The molecular weight excluding hydrogens is 266 g/mol. The summed E-state index contributed by atoms with van der Waals surface area (Å²) in [7, 11) is 1.93. The van der Waals surface area contributed by atoms with Crippen molar-refractivity contribution in [1.82, 2.24) is 0 Å². The first-order valence-corrected chi connectivity index (χ1v) is 7.44.